The molecule has 0 atom stereocenters. The van der Waals surface area contributed by atoms with Gasteiger partial charge in [-0.3, -0.25) is 9.59 Å². The van der Waals surface area contributed by atoms with Gasteiger partial charge in [-0.05, 0) is 36.8 Å². The van der Waals surface area contributed by atoms with Gasteiger partial charge < -0.3 is 24.9 Å². The minimum Gasteiger partial charge on any atom is -0.493 e. The number of rotatable bonds is 8. The second-order valence-electron chi connectivity index (χ2n) is 6.68. The number of amides is 1. The number of nitriles is 1. The molecule has 1 heterocycles. The molecule has 31 heavy (non-hydrogen) atoms. The van der Waals surface area contributed by atoms with Gasteiger partial charge in [0.25, 0.3) is 5.91 Å². The molecule has 0 bridgehead atoms. The molecular weight excluding hydrogens is 398 g/mol. The third-order valence-corrected chi connectivity index (χ3v) is 4.64. The lowest BCUT2D eigenvalue weighted by atomic mass is 9.99. The van der Waals surface area contributed by atoms with E-state index in [1.807, 2.05) is 30.3 Å². The largest absolute Gasteiger partial charge is 0.493 e. The Morgan fingerprint density at radius 1 is 1.16 bits per heavy atom. The van der Waals surface area contributed by atoms with Crippen LogP contribution in [0.3, 0.4) is 0 Å². The molecule has 0 aliphatic heterocycles. The van der Waals surface area contributed by atoms with Crippen LogP contribution in [-0.4, -0.2) is 37.5 Å². The third kappa shape index (κ3) is 4.36. The van der Waals surface area contributed by atoms with E-state index in [9.17, 15) is 14.9 Å². The van der Waals surface area contributed by atoms with Crippen molar-refractivity contribution in [1.82, 2.24) is 4.98 Å². The van der Waals surface area contributed by atoms with Crippen molar-refractivity contribution in [3.8, 4) is 23.3 Å². The van der Waals surface area contributed by atoms with Crippen LogP contribution >= 0.6 is 0 Å². The van der Waals surface area contributed by atoms with Crippen LogP contribution in [0, 0.1) is 18.3 Å². The van der Waals surface area contributed by atoms with Gasteiger partial charge >= 0.3 is 0 Å². The lowest BCUT2D eigenvalue weighted by Crippen LogP contribution is -2.20. The van der Waals surface area contributed by atoms with Crippen molar-refractivity contribution in [1.29, 1.82) is 5.26 Å². The Labute approximate surface area is 178 Å². The van der Waals surface area contributed by atoms with E-state index in [0.29, 0.717) is 16.8 Å². The predicted octanol–water partition coefficient (Wildman–Crippen LogP) is 3.15. The van der Waals surface area contributed by atoms with Crippen molar-refractivity contribution in [2.24, 2.45) is 5.73 Å². The van der Waals surface area contributed by atoms with Gasteiger partial charge in [0, 0.05) is 16.6 Å². The summed E-state index contributed by atoms with van der Waals surface area (Å²) in [6.07, 6.45) is 1.45. The number of Topliss-reactive ketones (excluding diaryl/α,β-unsaturated/α-hetero) is 1. The summed E-state index contributed by atoms with van der Waals surface area (Å²) >= 11 is 0. The van der Waals surface area contributed by atoms with Crippen molar-refractivity contribution >= 4 is 28.7 Å². The Morgan fingerprint density at radius 2 is 1.81 bits per heavy atom. The molecule has 3 rings (SSSR count). The van der Waals surface area contributed by atoms with E-state index in [1.165, 1.54) is 20.3 Å². The molecule has 3 N–H and O–H groups in total. The van der Waals surface area contributed by atoms with Crippen LogP contribution in [0.25, 0.3) is 17.0 Å². The van der Waals surface area contributed by atoms with E-state index in [2.05, 4.69) is 4.98 Å². The van der Waals surface area contributed by atoms with Crippen LogP contribution in [0.15, 0.2) is 42.0 Å². The quantitative estimate of drug-likeness (QED) is 0.328. The average Bonchev–Trinajstić information content (AvgIpc) is 3.10. The number of allylic oxidation sites excluding steroid dienone is 1. The van der Waals surface area contributed by atoms with Gasteiger partial charge in [-0.2, -0.15) is 5.26 Å². The fourth-order valence-electron chi connectivity index (χ4n) is 3.29. The Hall–Kier alpha value is -4.25. The number of aryl methyl sites for hydroxylation is 1. The molecular formula is C23H21N3O5. The van der Waals surface area contributed by atoms with Crippen molar-refractivity contribution in [3.05, 3.63) is 58.8 Å². The van der Waals surface area contributed by atoms with Gasteiger partial charge in [0.1, 0.15) is 11.6 Å². The van der Waals surface area contributed by atoms with E-state index < -0.39 is 11.7 Å². The van der Waals surface area contributed by atoms with E-state index in [1.54, 1.807) is 19.1 Å². The summed E-state index contributed by atoms with van der Waals surface area (Å²) in [5, 5.41) is 10.4. The molecule has 0 saturated heterocycles. The monoisotopic (exact) mass is 419 g/mol. The van der Waals surface area contributed by atoms with Crippen molar-refractivity contribution < 1.29 is 23.8 Å². The second kappa shape index (κ2) is 9.05. The summed E-state index contributed by atoms with van der Waals surface area (Å²) in [6.45, 7) is 1.43. The minimum absolute atomic E-state index is 0.0530. The van der Waals surface area contributed by atoms with Gasteiger partial charge in [0.15, 0.2) is 18.1 Å². The first-order chi connectivity index (χ1) is 14.9. The average molecular weight is 419 g/mol. The molecule has 0 fully saturated rings. The van der Waals surface area contributed by atoms with Crippen LogP contribution < -0.4 is 19.9 Å². The number of hydrogen-bond donors (Lipinski definition) is 2. The number of methoxy groups -OCH3 is 2. The number of primary amides is 1. The molecule has 0 saturated carbocycles. The van der Waals surface area contributed by atoms with Crippen LogP contribution in [0.1, 0.15) is 21.6 Å². The van der Waals surface area contributed by atoms with Gasteiger partial charge in [0.2, 0.25) is 11.5 Å². The maximum absolute atomic E-state index is 13.2. The summed E-state index contributed by atoms with van der Waals surface area (Å²) in [5.41, 5.74) is 7.52. The highest BCUT2D eigenvalue weighted by Gasteiger charge is 2.21. The Bertz CT molecular complexity index is 1210. The molecule has 0 spiro atoms. The molecule has 8 heteroatoms. The molecule has 0 aliphatic carbocycles. The number of nitrogens with zero attached hydrogens (tertiary/aromatic N) is 1. The van der Waals surface area contributed by atoms with Crippen LogP contribution in [-0.2, 0) is 4.79 Å². The number of aromatic nitrogens is 1. The van der Waals surface area contributed by atoms with Crippen molar-refractivity contribution in [3.63, 3.8) is 0 Å². The molecule has 2 aromatic carbocycles. The first kappa shape index (κ1) is 21.5. The number of fused-ring (bicyclic) bond motifs is 1. The number of para-hydroxylation sites is 1. The first-order valence-electron chi connectivity index (χ1n) is 9.30. The fourth-order valence-corrected chi connectivity index (χ4v) is 3.29. The molecule has 1 aromatic heterocycles. The number of nitrogens with two attached hydrogens (primary N) is 1. The maximum atomic E-state index is 13.2. The number of hydrogen-bond acceptors (Lipinski definition) is 6. The number of ketones is 1. The molecule has 0 unspecified atom stereocenters. The summed E-state index contributed by atoms with van der Waals surface area (Å²) in [4.78, 5) is 27.4. The first-order valence-corrected chi connectivity index (χ1v) is 9.30. The number of nitrogens with one attached hydrogen (secondary N) is 1. The Kier molecular flexibility index (Phi) is 6.26. The molecule has 3 aromatic rings. The van der Waals surface area contributed by atoms with E-state index in [4.69, 9.17) is 19.9 Å². The third-order valence-electron chi connectivity index (χ3n) is 4.64. The number of H-pyrrole nitrogens is 1. The van der Waals surface area contributed by atoms with Gasteiger partial charge in [0.05, 0.1) is 19.8 Å². The summed E-state index contributed by atoms with van der Waals surface area (Å²) in [7, 11) is 2.84. The molecule has 8 nitrogen and oxygen atoms in total. The van der Waals surface area contributed by atoms with Crippen LogP contribution in [0.2, 0.25) is 0 Å². The zero-order valence-corrected chi connectivity index (χ0v) is 17.3. The molecule has 0 aliphatic rings. The van der Waals surface area contributed by atoms with Crippen LogP contribution in [0.5, 0.6) is 17.2 Å². The number of aromatic amines is 1. The number of ether oxygens (including phenoxy) is 3. The van der Waals surface area contributed by atoms with Crippen molar-refractivity contribution in [2.75, 3.05) is 20.8 Å². The number of carbonyl (C=O) groups excluding carboxylic acids is 2. The Morgan fingerprint density at radius 3 is 2.39 bits per heavy atom. The van der Waals surface area contributed by atoms with E-state index >= 15 is 0 Å². The smallest absolute Gasteiger partial charge is 0.255 e. The predicted molar refractivity (Wildman–Crippen MR) is 115 cm³/mol. The maximum Gasteiger partial charge on any atom is 0.255 e. The highest BCUT2D eigenvalue weighted by molar-refractivity contribution is 6.20. The number of carbonyl (C=O) groups is 2. The Balaban J connectivity index is 2.06. The SMILES string of the molecule is COc1cc(/C=C(\C#N)C(=O)c2c(C)[nH]c3ccccc23)cc(OC)c1OCC(N)=O. The van der Waals surface area contributed by atoms with Crippen molar-refractivity contribution in [2.45, 2.75) is 6.92 Å². The zero-order valence-electron chi connectivity index (χ0n) is 17.3. The lowest BCUT2D eigenvalue weighted by molar-refractivity contribution is -0.120. The standard InChI is InChI=1S/C23H21N3O5/c1-13-21(16-6-4-5-7-17(16)26-13)22(28)15(11-24)8-14-9-18(29-2)23(19(10-14)30-3)31-12-20(25)27/h4-10,26H,12H2,1-3H3,(H2,25,27)/b15-8+. The molecule has 0 radical (unpaired) electrons. The normalized spacial score (nSPS) is 11.1. The van der Waals surface area contributed by atoms with Gasteiger partial charge in [-0.1, -0.05) is 18.2 Å². The number of benzene rings is 2. The summed E-state index contributed by atoms with van der Waals surface area (Å²) in [5.74, 6) is -0.332. The fraction of sp³-hybridized carbons (Fsp3) is 0.174. The van der Waals surface area contributed by atoms with Gasteiger partial charge in [-0.25, -0.2) is 0 Å². The highest BCUT2D eigenvalue weighted by Crippen LogP contribution is 2.39. The highest BCUT2D eigenvalue weighted by atomic mass is 16.5. The van der Waals surface area contributed by atoms with E-state index in [0.717, 1.165) is 10.9 Å². The molecule has 1 amide bonds. The topological polar surface area (TPSA) is 127 Å². The summed E-state index contributed by atoms with van der Waals surface area (Å²) in [6, 6.07) is 12.5. The lowest BCUT2D eigenvalue weighted by Gasteiger charge is -2.14. The van der Waals surface area contributed by atoms with Gasteiger partial charge in [-0.15, -0.1) is 0 Å². The second-order valence-corrected chi connectivity index (χ2v) is 6.68. The van der Waals surface area contributed by atoms with Crippen LogP contribution in [0.4, 0.5) is 0 Å². The summed E-state index contributed by atoms with van der Waals surface area (Å²) < 4.78 is 16.0. The zero-order chi connectivity index (χ0) is 22.5. The van der Waals surface area contributed by atoms with E-state index in [-0.39, 0.29) is 29.4 Å². The minimum atomic E-state index is -0.653. The molecule has 158 valence electrons.